The number of aliphatic hydroxyl groups excluding tert-OH is 1. The summed E-state index contributed by atoms with van der Waals surface area (Å²) in [7, 11) is -0.152. The van der Waals surface area contributed by atoms with Gasteiger partial charge in [-0.2, -0.15) is 0 Å². The molecule has 146 valence electrons. The number of methoxy groups -OCH3 is 1. The zero-order chi connectivity index (χ0) is 19.4. The van der Waals surface area contributed by atoms with Crippen molar-refractivity contribution in [2.75, 3.05) is 27.9 Å². The zero-order valence-electron chi connectivity index (χ0n) is 15.6. The number of amides is 1. The Kier molecular flexibility index (Phi) is 7.43. The first-order valence-corrected chi connectivity index (χ1v) is 9.57. The van der Waals surface area contributed by atoms with E-state index in [1.807, 2.05) is 0 Å². The fourth-order valence-corrected chi connectivity index (χ4v) is 4.89. The molecule has 1 aliphatic rings. The van der Waals surface area contributed by atoms with E-state index in [1.54, 1.807) is 20.8 Å². The Labute approximate surface area is 148 Å². The quantitative estimate of drug-likeness (QED) is 0.549. The van der Waals surface area contributed by atoms with Gasteiger partial charge < -0.3 is 23.6 Å². The minimum Gasteiger partial charge on any atom is -0.467 e. The highest BCUT2D eigenvalue weighted by Crippen LogP contribution is 2.60. The molecule has 1 fully saturated rings. The van der Waals surface area contributed by atoms with Crippen molar-refractivity contribution in [3.63, 3.8) is 0 Å². The Balaban J connectivity index is 3.37. The number of aliphatic hydroxyl groups is 1. The molecule has 0 spiro atoms. The zero-order valence-corrected chi connectivity index (χ0v) is 16.4. The third-order valence-electron chi connectivity index (χ3n) is 3.98. The van der Waals surface area contributed by atoms with Crippen LogP contribution in [0.25, 0.3) is 0 Å². The molecule has 1 saturated heterocycles. The van der Waals surface area contributed by atoms with Gasteiger partial charge in [0.2, 0.25) is 0 Å². The van der Waals surface area contributed by atoms with E-state index in [4.69, 9.17) is 18.5 Å². The normalized spacial score (nSPS) is 24.3. The van der Waals surface area contributed by atoms with Gasteiger partial charge in [0.1, 0.15) is 17.4 Å². The van der Waals surface area contributed by atoms with Crippen LogP contribution in [-0.2, 0) is 27.9 Å². The minimum absolute atomic E-state index is 0.161. The number of carbonyl (C=O) groups is 2. The van der Waals surface area contributed by atoms with Crippen molar-refractivity contribution in [1.29, 1.82) is 0 Å². The monoisotopic (exact) mass is 381 g/mol. The van der Waals surface area contributed by atoms with E-state index in [0.717, 1.165) is 4.90 Å². The second-order valence-electron chi connectivity index (χ2n) is 6.75. The van der Waals surface area contributed by atoms with E-state index < -0.39 is 43.0 Å². The summed E-state index contributed by atoms with van der Waals surface area (Å²) in [6.45, 7) is 4.84. The number of esters is 1. The standard InChI is InChI=1S/C15H28NO8P/c1-15(2,3)24-14(19)16-11(13(18)21-4)9-10(7-8-17)12(16)25(20,22-5)23-6/h10-12,17H,7-9H2,1-6H3/t10-,11+,12-/m1/s1. The Morgan fingerprint density at radius 1 is 1.20 bits per heavy atom. The minimum atomic E-state index is -3.77. The van der Waals surface area contributed by atoms with Crippen LogP contribution in [0.4, 0.5) is 4.79 Å². The molecule has 0 aromatic rings. The number of hydrogen-bond acceptors (Lipinski definition) is 8. The molecule has 0 aromatic carbocycles. The van der Waals surface area contributed by atoms with Crippen LogP contribution in [0.1, 0.15) is 33.6 Å². The first-order valence-electron chi connectivity index (χ1n) is 7.95. The molecule has 0 aliphatic carbocycles. The fraction of sp³-hybridized carbons (Fsp3) is 0.867. The van der Waals surface area contributed by atoms with Crippen LogP contribution in [0.3, 0.4) is 0 Å². The molecule has 0 radical (unpaired) electrons. The van der Waals surface area contributed by atoms with Crippen LogP contribution in [-0.4, -0.2) is 67.4 Å². The third-order valence-corrected chi connectivity index (χ3v) is 6.32. The van der Waals surface area contributed by atoms with E-state index in [9.17, 15) is 19.3 Å². The molecule has 0 saturated carbocycles. The Hall–Kier alpha value is -1.15. The van der Waals surface area contributed by atoms with Gasteiger partial charge in [-0.25, -0.2) is 9.59 Å². The predicted octanol–water partition coefficient (Wildman–Crippen LogP) is 1.98. The van der Waals surface area contributed by atoms with E-state index in [2.05, 4.69) is 0 Å². The lowest BCUT2D eigenvalue weighted by atomic mass is 10.0. The summed E-state index contributed by atoms with van der Waals surface area (Å²) in [5, 5.41) is 9.33. The van der Waals surface area contributed by atoms with Crippen LogP contribution in [0, 0.1) is 5.92 Å². The fourth-order valence-electron chi connectivity index (χ4n) is 2.96. The van der Waals surface area contributed by atoms with Crippen molar-refractivity contribution < 1.29 is 37.8 Å². The summed E-state index contributed by atoms with van der Waals surface area (Å²) in [4.78, 5) is 26.0. The van der Waals surface area contributed by atoms with Crippen LogP contribution in [0.5, 0.6) is 0 Å². The van der Waals surface area contributed by atoms with Crippen LogP contribution >= 0.6 is 7.60 Å². The molecule has 0 bridgehead atoms. The van der Waals surface area contributed by atoms with Crippen LogP contribution in [0.2, 0.25) is 0 Å². The number of carbonyl (C=O) groups excluding carboxylic acids is 2. The number of rotatable bonds is 6. The van der Waals surface area contributed by atoms with E-state index in [-0.39, 0.29) is 19.4 Å². The summed E-state index contributed by atoms with van der Waals surface area (Å²) in [5.74, 6) is -2.20. The molecule has 1 heterocycles. The van der Waals surface area contributed by atoms with Gasteiger partial charge >= 0.3 is 19.7 Å². The van der Waals surface area contributed by atoms with Gasteiger partial charge in [-0.05, 0) is 39.5 Å². The highest BCUT2D eigenvalue weighted by Gasteiger charge is 2.57. The second kappa shape index (κ2) is 8.49. The lowest BCUT2D eigenvalue weighted by Gasteiger charge is -2.34. The summed E-state index contributed by atoms with van der Waals surface area (Å²) < 4.78 is 33.3. The highest BCUT2D eigenvalue weighted by molar-refractivity contribution is 7.54. The third kappa shape index (κ3) is 4.94. The van der Waals surface area contributed by atoms with Crippen molar-refractivity contribution in [2.24, 2.45) is 5.92 Å². The first-order chi connectivity index (χ1) is 11.5. The topological polar surface area (TPSA) is 112 Å². The predicted molar refractivity (Wildman–Crippen MR) is 89.1 cm³/mol. The maximum absolute atomic E-state index is 13.0. The van der Waals surface area contributed by atoms with Gasteiger partial charge in [-0.1, -0.05) is 0 Å². The first kappa shape index (κ1) is 21.9. The molecular weight excluding hydrogens is 353 g/mol. The molecule has 10 heteroatoms. The lowest BCUT2D eigenvalue weighted by Crippen LogP contribution is -2.48. The largest absolute Gasteiger partial charge is 0.467 e. The maximum atomic E-state index is 13.0. The van der Waals surface area contributed by atoms with Gasteiger partial charge in [0.15, 0.2) is 0 Å². The molecule has 1 N–H and O–H groups in total. The summed E-state index contributed by atoms with van der Waals surface area (Å²) in [6, 6.07) is -1.000. The maximum Gasteiger partial charge on any atom is 0.411 e. The number of ether oxygens (including phenoxy) is 2. The smallest absolute Gasteiger partial charge is 0.411 e. The molecule has 9 nitrogen and oxygen atoms in total. The number of likely N-dealkylation sites (tertiary alicyclic amines) is 1. The second-order valence-corrected chi connectivity index (χ2v) is 9.09. The van der Waals surface area contributed by atoms with Crippen molar-refractivity contribution in [3.8, 4) is 0 Å². The van der Waals surface area contributed by atoms with Crippen molar-refractivity contribution in [2.45, 2.75) is 51.0 Å². The van der Waals surface area contributed by atoms with Crippen LogP contribution in [0.15, 0.2) is 0 Å². The molecular formula is C15H28NO8P. The van der Waals surface area contributed by atoms with Crippen LogP contribution < -0.4 is 0 Å². The molecule has 1 amide bonds. The average Bonchev–Trinajstić information content (AvgIpc) is 2.92. The Bertz CT molecular complexity index is 524. The molecule has 25 heavy (non-hydrogen) atoms. The Morgan fingerprint density at radius 2 is 1.76 bits per heavy atom. The lowest BCUT2D eigenvalue weighted by molar-refractivity contribution is -0.145. The van der Waals surface area contributed by atoms with E-state index in [1.165, 1.54) is 21.3 Å². The highest BCUT2D eigenvalue weighted by atomic mass is 31.2. The van der Waals surface area contributed by atoms with Gasteiger partial charge in [-0.15, -0.1) is 0 Å². The molecule has 3 atom stereocenters. The van der Waals surface area contributed by atoms with E-state index in [0.29, 0.717) is 0 Å². The van der Waals surface area contributed by atoms with Gasteiger partial charge in [0, 0.05) is 20.8 Å². The summed E-state index contributed by atoms with van der Waals surface area (Å²) in [6.07, 6.45) is -0.440. The van der Waals surface area contributed by atoms with Gasteiger partial charge in [-0.3, -0.25) is 9.46 Å². The van der Waals surface area contributed by atoms with E-state index >= 15 is 0 Å². The van der Waals surface area contributed by atoms with Crippen molar-refractivity contribution >= 4 is 19.7 Å². The summed E-state index contributed by atoms with van der Waals surface area (Å²) in [5.41, 5.74) is -0.818. The molecule has 0 aromatic heterocycles. The van der Waals surface area contributed by atoms with Gasteiger partial charge in [0.05, 0.1) is 7.11 Å². The number of hydrogen-bond donors (Lipinski definition) is 1. The Morgan fingerprint density at radius 3 is 2.16 bits per heavy atom. The average molecular weight is 381 g/mol. The van der Waals surface area contributed by atoms with Gasteiger partial charge in [0.25, 0.3) is 0 Å². The SMILES string of the molecule is COC(=O)[C@@H]1C[C@@H](CCO)[C@@H](P(=O)(OC)OC)N1C(=O)OC(C)(C)C. The molecule has 1 aliphatic heterocycles. The van der Waals surface area contributed by atoms with Crippen molar-refractivity contribution in [1.82, 2.24) is 4.90 Å². The summed E-state index contributed by atoms with van der Waals surface area (Å²) >= 11 is 0. The van der Waals surface area contributed by atoms with Crippen molar-refractivity contribution in [3.05, 3.63) is 0 Å². The molecule has 0 unspecified atom stereocenters. The number of nitrogens with zero attached hydrogens (tertiary/aromatic N) is 1. The molecule has 1 rings (SSSR count).